The molecule has 0 bridgehead atoms. The first-order chi connectivity index (χ1) is 16.2. The topological polar surface area (TPSA) is 99.2 Å². The van der Waals surface area contributed by atoms with Gasteiger partial charge in [0.15, 0.2) is 0 Å². The summed E-state index contributed by atoms with van der Waals surface area (Å²) in [4.78, 5) is 28.6. The van der Waals surface area contributed by atoms with E-state index >= 15 is 0 Å². The molecule has 4 rings (SSSR count). The zero-order valence-corrected chi connectivity index (χ0v) is 21.4. The summed E-state index contributed by atoms with van der Waals surface area (Å²) < 4.78 is 0. The van der Waals surface area contributed by atoms with Crippen LogP contribution in [0.3, 0.4) is 0 Å². The maximum Gasteiger partial charge on any atom is 0.239 e. The van der Waals surface area contributed by atoms with Crippen LogP contribution >= 0.6 is 22.7 Å². The number of nitrogens with zero attached hydrogens (tertiary/aromatic N) is 2. The summed E-state index contributed by atoms with van der Waals surface area (Å²) in [7, 11) is 0. The lowest BCUT2D eigenvalue weighted by Gasteiger charge is -2.29. The highest BCUT2D eigenvalue weighted by Crippen LogP contribution is 2.47. The molecule has 1 saturated heterocycles. The van der Waals surface area contributed by atoms with Gasteiger partial charge in [-0.05, 0) is 74.0 Å². The summed E-state index contributed by atoms with van der Waals surface area (Å²) in [6.45, 7) is 8.07. The average Bonchev–Trinajstić information content (AvgIpc) is 3.35. The van der Waals surface area contributed by atoms with Crippen molar-refractivity contribution in [3.63, 3.8) is 0 Å². The van der Waals surface area contributed by atoms with Crippen molar-refractivity contribution < 1.29 is 9.59 Å². The second kappa shape index (κ2) is 9.87. The minimum Gasteiger partial charge on any atom is -0.369 e. The summed E-state index contributed by atoms with van der Waals surface area (Å²) in [6.07, 6.45) is 8.62. The molecule has 2 aliphatic rings. The lowest BCUT2D eigenvalue weighted by Crippen LogP contribution is -2.42. The van der Waals surface area contributed by atoms with Gasteiger partial charge in [-0.3, -0.25) is 14.5 Å². The molecular weight excluding hydrogens is 464 g/mol. The molecule has 6 nitrogen and oxygen atoms in total. The molecule has 3 N–H and O–H groups in total. The molecule has 0 spiro atoms. The van der Waals surface area contributed by atoms with Crippen LogP contribution in [-0.2, 0) is 15.0 Å². The quantitative estimate of drug-likeness (QED) is 0.596. The molecule has 1 fully saturated rings. The lowest BCUT2D eigenvalue weighted by atomic mass is 9.77. The van der Waals surface area contributed by atoms with Crippen molar-refractivity contribution in [3.05, 3.63) is 49.5 Å². The normalized spacial score (nSPS) is 18.4. The first-order valence-electron chi connectivity index (χ1n) is 11.5. The standard InChI is InChI=1S/C26H30N4O2S2/c1-16-8-11-33-21(16)5-4-17-12-19-20(14-27)25(34-23(19)26(2,3)13-17)29-22(31)15-30-9-6-18(7-10-30)24(28)32/h4-5,8,11-12,18H,6-7,9-10,13,15H2,1-3H3,(H2,28,32)(H,29,31)/b5-4+. The number of carbonyl (C=O) groups is 2. The second-order valence-electron chi connectivity index (χ2n) is 9.74. The smallest absolute Gasteiger partial charge is 0.239 e. The van der Waals surface area contributed by atoms with E-state index < -0.39 is 0 Å². The zero-order valence-electron chi connectivity index (χ0n) is 19.8. The minimum absolute atomic E-state index is 0.102. The van der Waals surface area contributed by atoms with Gasteiger partial charge in [0.2, 0.25) is 11.8 Å². The van der Waals surface area contributed by atoms with E-state index in [1.165, 1.54) is 27.4 Å². The molecule has 0 saturated carbocycles. The fourth-order valence-electron chi connectivity index (χ4n) is 4.70. The van der Waals surface area contributed by atoms with E-state index in [4.69, 9.17) is 5.73 Å². The summed E-state index contributed by atoms with van der Waals surface area (Å²) in [5, 5.41) is 15.7. The Hall–Kier alpha value is -2.73. The number of primary amides is 1. The summed E-state index contributed by atoms with van der Waals surface area (Å²) in [6, 6.07) is 4.45. The van der Waals surface area contributed by atoms with E-state index in [0.29, 0.717) is 36.5 Å². The van der Waals surface area contributed by atoms with Gasteiger partial charge < -0.3 is 11.1 Å². The van der Waals surface area contributed by atoms with E-state index in [1.807, 2.05) is 4.90 Å². The van der Waals surface area contributed by atoms with Crippen LogP contribution in [0.1, 0.15) is 59.6 Å². The third kappa shape index (κ3) is 5.17. The number of aryl methyl sites for hydroxylation is 1. The highest BCUT2D eigenvalue weighted by Gasteiger charge is 2.33. The summed E-state index contributed by atoms with van der Waals surface area (Å²) in [5.41, 5.74) is 9.16. The number of nitrogens with two attached hydrogens (primary N) is 1. The van der Waals surface area contributed by atoms with Gasteiger partial charge in [0.25, 0.3) is 0 Å². The molecule has 0 aromatic carbocycles. The van der Waals surface area contributed by atoms with E-state index in [1.54, 1.807) is 11.3 Å². The molecule has 2 aromatic rings. The number of nitrogens with one attached hydrogen (secondary N) is 1. The first-order valence-corrected chi connectivity index (χ1v) is 13.2. The molecule has 0 atom stereocenters. The van der Waals surface area contributed by atoms with E-state index in [-0.39, 0.29) is 29.7 Å². The minimum atomic E-state index is -0.262. The van der Waals surface area contributed by atoms with Gasteiger partial charge in [-0.2, -0.15) is 5.26 Å². The molecule has 8 heteroatoms. The second-order valence-corrected chi connectivity index (χ2v) is 11.7. The fourth-order valence-corrected chi connectivity index (χ4v) is 6.77. The monoisotopic (exact) mass is 494 g/mol. The SMILES string of the molecule is Cc1ccsc1/C=C/C1=Cc2c(sc(NC(=O)CN3CCC(C(N)=O)CC3)c2C#N)C(C)(C)C1. The maximum absolute atomic E-state index is 12.8. The zero-order chi connectivity index (χ0) is 24.5. The number of hydrogen-bond acceptors (Lipinski definition) is 6. The summed E-state index contributed by atoms with van der Waals surface area (Å²) >= 11 is 3.23. The van der Waals surface area contributed by atoms with Gasteiger partial charge in [0.1, 0.15) is 11.1 Å². The largest absolute Gasteiger partial charge is 0.369 e. The molecule has 3 heterocycles. The predicted octanol–water partition coefficient (Wildman–Crippen LogP) is 4.90. The van der Waals surface area contributed by atoms with Crippen LogP contribution in [0.25, 0.3) is 12.2 Å². The Kier molecular flexibility index (Phi) is 7.08. The van der Waals surface area contributed by atoms with Gasteiger partial charge in [-0.1, -0.05) is 19.9 Å². The first kappa shape index (κ1) is 24.4. The van der Waals surface area contributed by atoms with Crippen LogP contribution in [0, 0.1) is 24.2 Å². The summed E-state index contributed by atoms with van der Waals surface area (Å²) in [5.74, 6) is -0.500. The van der Waals surface area contributed by atoms with E-state index in [9.17, 15) is 14.9 Å². The van der Waals surface area contributed by atoms with Crippen LogP contribution < -0.4 is 11.1 Å². The highest BCUT2D eigenvalue weighted by molar-refractivity contribution is 7.17. The third-order valence-electron chi connectivity index (χ3n) is 6.61. The number of likely N-dealkylation sites (tertiary alicyclic amines) is 1. The number of anilines is 1. The van der Waals surface area contributed by atoms with Gasteiger partial charge >= 0.3 is 0 Å². The van der Waals surface area contributed by atoms with Gasteiger partial charge in [0.05, 0.1) is 12.1 Å². The Morgan fingerprint density at radius 2 is 2.06 bits per heavy atom. The van der Waals surface area contributed by atoms with Crippen molar-refractivity contribution in [2.24, 2.45) is 11.7 Å². The molecule has 178 valence electrons. The van der Waals surface area contributed by atoms with Crippen molar-refractivity contribution in [1.82, 2.24) is 4.90 Å². The molecule has 34 heavy (non-hydrogen) atoms. The average molecular weight is 495 g/mol. The Morgan fingerprint density at radius 1 is 1.32 bits per heavy atom. The maximum atomic E-state index is 12.8. The number of allylic oxidation sites excluding steroid dienone is 2. The van der Waals surface area contributed by atoms with Gasteiger partial charge in [0, 0.05) is 26.7 Å². The van der Waals surface area contributed by atoms with Gasteiger partial charge in [-0.15, -0.1) is 22.7 Å². The van der Waals surface area contributed by atoms with E-state index in [2.05, 4.69) is 61.8 Å². The molecule has 0 unspecified atom stereocenters. The van der Waals surface area contributed by atoms with E-state index in [0.717, 1.165) is 16.9 Å². The number of fused-ring (bicyclic) bond motifs is 1. The Bertz CT molecular complexity index is 1200. The van der Waals surface area contributed by atoms with Crippen LogP contribution in [0.15, 0.2) is 23.1 Å². The van der Waals surface area contributed by atoms with Crippen molar-refractivity contribution in [2.45, 2.75) is 45.4 Å². The van der Waals surface area contributed by atoms with Crippen LogP contribution in [0.5, 0.6) is 0 Å². The number of thiophene rings is 2. The van der Waals surface area contributed by atoms with Crippen LogP contribution in [-0.4, -0.2) is 36.3 Å². The Labute approximate surface area is 208 Å². The van der Waals surface area contributed by atoms with Crippen molar-refractivity contribution in [2.75, 3.05) is 25.0 Å². The number of hydrogen-bond donors (Lipinski definition) is 2. The highest BCUT2D eigenvalue weighted by atomic mass is 32.1. The number of carbonyl (C=O) groups excluding carboxylic acids is 2. The fraction of sp³-hybridized carbons (Fsp3) is 0.423. The number of rotatable bonds is 6. The lowest BCUT2D eigenvalue weighted by molar-refractivity contribution is -0.123. The van der Waals surface area contributed by atoms with Crippen molar-refractivity contribution >= 4 is 51.6 Å². The molecule has 1 aliphatic carbocycles. The van der Waals surface area contributed by atoms with Crippen molar-refractivity contribution in [3.8, 4) is 6.07 Å². The van der Waals surface area contributed by atoms with Crippen molar-refractivity contribution in [1.29, 1.82) is 5.26 Å². The third-order valence-corrected chi connectivity index (χ3v) is 9.08. The predicted molar refractivity (Wildman–Crippen MR) is 140 cm³/mol. The number of amides is 2. The molecule has 2 amide bonds. The Balaban J connectivity index is 1.51. The molecular formula is C26H30N4O2S2. The molecule has 1 aliphatic heterocycles. The van der Waals surface area contributed by atoms with Crippen LogP contribution in [0.4, 0.5) is 5.00 Å². The Morgan fingerprint density at radius 3 is 2.68 bits per heavy atom. The van der Waals surface area contributed by atoms with Crippen LogP contribution in [0.2, 0.25) is 0 Å². The molecule has 2 aromatic heterocycles. The molecule has 0 radical (unpaired) electrons. The number of nitriles is 1. The number of piperidine rings is 1. The van der Waals surface area contributed by atoms with Gasteiger partial charge in [-0.25, -0.2) is 0 Å².